The van der Waals surface area contributed by atoms with Crippen LogP contribution in [0.2, 0.25) is 0 Å². The molecule has 0 bridgehead atoms. The molecular formula is C23H27BrClN4O3S2-. The van der Waals surface area contributed by atoms with E-state index in [1.807, 2.05) is 32.3 Å². The third-order valence-corrected chi connectivity index (χ3v) is 9.05. The summed E-state index contributed by atoms with van der Waals surface area (Å²) < 4.78 is 29.1. The summed E-state index contributed by atoms with van der Waals surface area (Å²) in [6.07, 6.45) is 2.56. The minimum Gasteiger partial charge on any atom is -1.00 e. The number of sulfonamides is 1. The Labute approximate surface area is 219 Å². The van der Waals surface area contributed by atoms with Gasteiger partial charge in [0.1, 0.15) is 0 Å². The summed E-state index contributed by atoms with van der Waals surface area (Å²) >= 11 is 4.96. The number of fused-ring (bicyclic) bond motifs is 1. The average molecular weight is 587 g/mol. The van der Waals surface area contributed by atoms with Gasteiger partial charge >= 0.3 is 0 Å². The molecule has 1 aliphatic heterocycles. The van der Waals surface area contributed by atoms with E-state index in [9.17, 15) is 13.2 Å². The van der Waals surface area contributed by atoms with E-state index in [0.717, 1.165) is 40.5 Å². The molecule has 0 radical (unpaired) electrons. The summed E-state index contributed by atoms with van der Waals surface area (Å²) in [5, 5.41) is 0.639. The van der Waals surface area contributed by atoms with Gasteiger partial charge in [-0.2, -0.15) is 4.31 Å². The van der Waals surface area contributed by atoms with Crippen molar-refractivity contribution in [2.75, 3.05) is 45.2 Å². The third kappa shape index (κ3) is 5.98. The molecule has 184 valence electrons. The predicted molar refractivity (Wildman–Crippen MR) is 137 cm³/mol. The quantitative estimate of drug-likeness (QED) is 0.400. The number of hydrogen-bond donors (Lipinski definition) is 0. The SMILES string of the molecule is CN(C)CCCN(C(=O)c1ccc(S(=O)(=O)N2CCCC2)cc1)c1nc2ccc(Br)cc2s1.[Cl-]. The molecule has 1 aliphatic rings. The second-order valence-electron chi connectivity index (χ2n) is 8.36. The highest BCUT2D eigenvalue weighted by molar-refractivity contribution is 9.10. The number of nitrogens with zero attached hydrogens (tertiary/aromatic N) is 4. The Balaban J connectivity index is 0.00000324. The summed E-state index contributed by atoms with van der Waals surface area (Å²) in [4.78, 5) is 22.2. The standard InChI is InChI=1S/C23H27BrN4O3S2.ClH/c1-26(2)12-5-15-28(23-25-20-11-8-18(24)16-21(20)32-23)22(29)17-6-9-19(10-7-17)33(30,31)27-13-3-4-14-27;/h6-11,16H,3-5,12-15H2,1-2H3;1H/p-1. The van der Waals surface area contributed by atoms with E-state index in [0.29, 0.717) is 30.3 Å². The lowest BCUT2D eigenvalue weighted by atomic mass is 10.2. The number of aromatic nitrogens is 1. The normalized spacial score (nSPS) is 14.5. The topological polar surface area (TPSA) is 73.8 Å². The molecule has 3 aromatic rings. The van der Waals surface area contributed by atoms with Gasteiger partial charge < -0.3 is 17.3 Å². The number of carbonyl (C=O) groups is 1. The Morgan fingerprint density at radius 2 is 1.76 bits per heavy atom. The Morgan fingerprint density at radius 3 is 2.41 bits per heavy atom. The number of rotatable bonds is 8. The number of hydrogen-bond acceptors (Lipinski definition) is 6. The van der Waals surface area contributed by atoms with Crippen molar-refractivity contribution in [1.29, 1.82) is 0 Å². The van der Waals surface area contributed by atoms with E-state index < -0.39 is 10.0 Å². The molecule has 0 N–H and O–H groups in total. The van der Waals surface area contributed by atoms with Gasteiger partial charge in [0.05, 0.1) is 15.1 Å². The van der Waals surface area contributed by atoms with Crippen molar-refractivity contribution in [3.8, 4) is 0 Å². The van der Waals surface area contributed by atoms with Crippen LogP contribution in [-0.2, 0) is 10.0 Å². The highest BCUT2D eigenvalue weighted by Gasteiger charge is 2.28. The first-order chi connectivity index (χ1) is 15.8. The fraction of sp³-hybridized carbons (Fsp3) is 0.391. The van der Waals surface area contributed by atoms with E-state index >= 15 is 0 Å². The smallest absolute Gasteiger partial charge is 0.260 e. The lowest BCUT2D eigenvalue weighted by Gasteiger charge is -2.21. The molecule has 1 amide bonds. The molecule has 0 unspecified atom stereocenters. The first-order valence-corrected chi connectivity index (χ1v) is 13.9. The van der Waals surface area contributed by atoms with Gasteiger partial charge in [0.15, 0.2) is 5.13 Å². The number of benzene rings is 2. The zero-order valence-corrected chi connectivity index (χ0v) is 23.1. The highest BCUT2D eigenvalue weighted by Crippen LogP contribution is 2.32. The lowest BCUT2D eigenvalue weighted by Crippen LogP contribution is -3.00. The van der Waals surface area contributed by atoms with Crippen LogP contribution in [0, 0.1) is 0 Å². The Kier molecular flexibility index (Phi) is 9.10. The maximum absolute atomic E-state index is 13.5. The van der Waals surface area contributed by atoms with Crippen molar-refractivity contribution in [2.45, 2.75) is 24.2 Å². The van der Waals surface area contributed by atoms with Gasteiger partial charge in [0, 0.05) is 29.7 Å². The van der Waals surface area contributed by atoms with E-state index in [1.54, 1.807) is 17.0 Å². The molecule has 34 heavy (non-hydrogen) atoms. The second kappa shape index (κ2) is 11.5. The summed E-state index contributed by atoms with van der Waals surface area (Å²) in [5.41, 5.74) is 1.29. The molecule has 1 aromatic heterocycles. The number of carbonyl (C=O) groups excluding carboxylic acids is 1. The summed E-state index contributed by atoms with van der Waals surface area (Å²) in [6, 6.07) is 12.1. The van der Waals surface area contributed by atoms with Crippen LogP contribution >= 0.6 is 27.3 Å². The van der Waals surface area contributed by atoms with Crippen molar-refractivity contribution in [2.24, 2.45) is 0 Å². The van der Waals surface area contributed by atoms with Crippen LogP contribution in [0.15, 0.2) is 51.8 Å². The molecule has 11 heteroatoms. The molecule has 0 spiro atoms. The summed E-state index contributed by atoms with van der Waals surface area (Å²) in [5.74, 6) is -0.183. The summed E-state index contributed by atoms with van der Waals surface area (Å²) in [7, 11) is 0.491. The fourth-order valence-corrected chi connectivity index (χ4v) is 6.89. The molecule has 2 heterocycles. The fourth-order valence-electron chi connectivity index (χ4n) is 3.83. The molecule has 2 aromatic carbocycles. The largest absolute Gasteiger partial charge is 1.00 e. The monoisotopic (exact) mass is 585 g/mol. The number of halogens is 2. The molecule has 7 nitrogen and oxygen atoms in total. The third-order valence-electron chi connectivity index (χ3n) is 5.61. The molecule has 0 saturated carbocycles. The van der Waals surface area contributed by atoms with Crippen molar-refractivity contribution in [3.05, 3.63) is 52.5 Å². The second-order valence-corrected chi connectivity index (χ2v) is 12.2. The predicted octanol–water partition coefficient (Wildman–Crippen LogP) is 1.45. The first-order valence-electron chi connectivity index (χ1n) is 10.9. The van der Waals surface area contributed by atoms with Gasteiger partial charge in [-0.1, -0.05) is 27.3 Å². The highest BCUT2D eigenvalue weighted by atomic mass is 79.9. The van der Waals surface area contributed by atoms with Gasteiger partial charge in [-0.3, -0.25) is 9.69 Å². The molecule has 0 aliphatic carbocycles. The Hall–Kier alpha value is -1.56. The number of amides is 1. The van der Waals surface area contributed by atoms with Crippen LogP contribution < -0.4 is 17.3 Å². The van der Waals surface area contributed by atoms with Gasteiger partial charge in [0.2, 0.25) is 10.0 Å². The number of anilines is 1. The number of thiazole rings is 1. The van der Waals surface area contributed by atoms with Crippen molar-refractivity contribution < 1.29 is 25.6 Å². The Bertz CT molecular complexity index is 1240. The minimum absolute atomic E-state index is 0. The van der Waals surface area contributed by atoms with Gasteiger partial charge in [0.25, 0.3) is 5.91 Å². The van der Waals surface area contributed by atoms with E-state index in [4.69, 9.17) is 4.98 Å². The van der Waals surface area contributed by atoms with Crippen LogP contribution in [0.1, 0.15) is 29.6 Å². The van der Waals surface area contributed by atoms with Gasteiger partial charge in [-0.05, 0) is 82.4 Å². The minimum atomic E-state index is -3.51. The zero-order chi connectivity index (χ0) is 23.6. The van der Waals surface area contributed by atoms with Crippen molar-refractivity contribution >= 4 is 58.5 Å². The Morgan fingerprint density at radius 1 is 1.09 bits per heavy atom. The van der Waals surface area contributed by atoms with Crippen molar-refractivity contribution in [1.82, 2.24) is 14.2 Å². The van der Waals surface area contributed by atoms with Crippen LogP contribution in [0.4, 0.5) is 5.13 Å². The maximum Gasteiger partial charge on any atom is 0.260 e. The molecule has 1 fully saturated rings. The average Bonchev–Trinajstić information content (AvgIpc) is 3.46. The maximum atomic E-state index is 13.5. The molecule has 4 rings (SSSR count). The lowest BCUT2D eigenvalue weighted by molar-refractivity contribution is -0.0000167. The van der Waals surface area contributed by atoms with E-state index in [2.05, 4.69) is 20.8 Å². The zero-order valence-electron chi connectivity index (χ0n) is 19.1. The van der Waals surface area contributed by atoms with Crippen LogP contribution in [0.5, 0.6) is 0 Å². The first kappa shape index (κ1) is 27.0. The molecular weight excluding hydrogens is 560 g/mol. The van der Waals surface area contributed by atoms with Crippen LogP contribution in [0.3, 0.4) is 0 Å². The van der Waals surface area contributed by atoms with Crippen LogP contribution in [-0.4, -0.2) is 68.8 Å². The van der Waals surface area contributed by atoms with E-state index in [1.165, 1.54) is 27.8 Å². The van der Waals surface area contributed by atoms with Gasteiger partial charge in [-0.25, -0.2) is 13.4 Å². The van der Waals surface area contributed by atoms with E-state index in [-0.39, 0.29) is 23.2 Å². The molecule has 1 saturated heterocycles. The summed E-state index contributed by atoms with van der Waals surface area (Å²) in [6.45, 7) is 2.46. The van der Waals surface area contributed by atoms with Crippen molar-refractivity contribution in [3.63, 3.8) is 0 Å². The molecule has 0 atom stereocenters. The van der Waals surface area contributed by atoms with Gasteiger partial charge in [-0.15, -0.1) is 0 Å². The van der Waals surface area contributed by atoms with Crippen LogP contribution in [0.25, 0.3) is 10.2 Å².